The summed E-state index contributed by atoms with van der Waals surface area (Å²) in [5.74, 6) is 0.623. The molecule has 0 bridgehead atoms. The molecule has 0 saturated carbocycles. The van der Waals surface area contributed by atoms with E-state index < -0.39 is 0 Å². The largest absolute Gasteiger partial charge is 0.309 e. The van der Waals surface area contributed by atoms with Crippen molar-refractivity contribution in [3.8, 4) is 62.4 Å². The smallest absolute Gasteiger partial charge is 0.235 e. The molecule has 0 fully saturated rings. The summed E-state index contributed by atoms with van der Waals surface area (Å²) in [5, 5.41) is 6.97. The van der Waals surface area contributed by atoms with Crippen molar-refractivity contribution >= 4 is 65.4 Å². The summed E-state index contributed by atoms with van der Waals surface area (Å²) in [5.41, 5.74) is 16.5. The maximum Gasteiger partial charge on any atom is 0.235 e. The van der Waals surface area contributed by atoms with Gasteiger partial charge in [0.25, 0.3) is 0 Å². The first-order valence-electron chi connectivity index (χ1n) is 23.2. The third kappa shape index (κ3) is 6.29. The van der Waals surface area contributed by atoms with E-state index in [1.807, 2.05) is 24.5 Å². The van der Waals surface area contributed by atoms with Crippen molar-refractivity contribution in [2.45, 2.75) is 0 Å². The number of pyridine rings is 2. The zero-order valence-electron chi connectivity index (χ0n) is 37.1. The van der Waals surface area contributed by atoms with Gasteiger partial charge in [0.1, 0.15) is 0 Å². The molecule has 0 aliphatic carbocycles. The number of fused-ring (bicyclic) bond motifs is 9. The van der Waals surface area contributed by atoms with Gasteiger partial charge in [0.15, 0.2) is 0 Å². The molecule has 0 unspecified atom stereocenters. The van der Waals surface area contributed by atoms with Crippen LogP contribution >= 0.6 is 0 Å². The van der Waals surface area contributed by atoms with Gasteiger partial charge in [-0.25, -0.2) is 15.0 Å². The Kier molecular flexibility index (Phi) is 8.75. The molecule has 8 aromatic carbocycles. The Hall–Kier alpha value is -9.46. The molecule has 6 aromatic heterocycles. The van der Waals surface area contributed by atoms with Crippen LogP contribution in [0, 0.1) is 0 Å². The first-order chi connectivity index (χ1) is 34.2. The number of hydrogen-bond acceptors (Lipinski definition) is 4. The molecule has 322 valence electrons. The van der Waals surface area contributed by atoms with Gasteiger partial charge in [0, 0.05) is 72.1 Å². The van der Waals surface area contributed by atoms with Gasteiger partial charge in [0.2, 0.25) is 5.95 Å². The van der Waals surface area contributed by atoms with Crippen molar-refractivity contribution in [2.24, 2.45) is 0 Å². The predicted molar refractivity (Wildman–Crippen MR) is 282 cm³/mol. The average molecular weight is 882 g/mol. The molecular formula is C62H39N7. The second kappa shape index (κ2) is 15.6. The Balaban J connectivity index is 0.890. The first-order valence-corrected chi connectivity index (χ1v) is 23.2. The zero-order valence-corrected chi connectivity index (χ0v) is 37.1. The monoisotopic (exact) mass is 881 g/mol. The van der Waals surface area contributed by atoms with Crippen LogP contribution in [0.3, 0.4) is 0 Å². The van der Waals surface area contributed by atoms with Gasteiger partial charge in [-0.2, -0.15) is 0 Å². The molecule has 6 heterocycles. The number of hydrogen-bond donors (Lipinski definition) is 0. The molecule has 69 heavy (non-hydrogen) atoms. The van der Waals surface area contributed by atoms with E-state index in [9.17, 15) is 0 Å². The molecule has 0 spiro atoms. The summed E-state index contributed by atoms with van der Waals surface area (Å²) in [7, 11) is 0. The van der Waals surface area contributed by atoms with Gasteiger partial charge in [0.05, 0.1) is 62.1 Å². The average Bonchev–Trinajstić information content (AvgIpc) is 4.06. The van der Waals surface area contributed by atoms with Gasteiger partial charge in [-0.1, -0.05) is 140 Å². The van der Waals surface area contributed by atoms with E-state index in [1.165, 1.54) is 21.5 Å². The van der Waals surface area contributed by atoms with Crippen LogP contribution in [0.2, 0.25) is 0 Å². The molecule has 0 aliphatic rings. The molecule has 0 radical (unpaired) electrons. The van der Waals surface area contributed by atoms with Crippen LogP contribution < -0.4 is 0 Å². The summed E-state index contributed by atoms with van der Waals surface area (Å²) >= 11 is 0. The minimum absolute atomic E-state index is 0.623. The van der Waals surface area contributed by atoms with Crippen molar-refractivity contribution in [3.63, 3.8) is 0 Å². The molecule has 14 rings (SSSR count). The van der Waals surface area contributed by atoms with Crippen LogP contribution in [-0.2, 0) is 0 Å². The molecule has 7 nitrogen and oxygen atoms in total. The number of aromatic nitrogens is 7. The Bertz CT molecular complexity index is 4240. The molecule has 0 amide bonds. The lowest BCUT2D eigenvalue weighted by molar-refractivity contribution is 0.995. The van der Waals surface area contributed by atoms with Gasteiger partial charge in [-0.05, 0) is 84.9 Å². The van der Waals surface area contributed by atoms with E-state index in [0.717, 1.165) is 100 Å². The van der Waals surface area contributed by atoms with Gasteiger partial charge in [-0.15, -0.1) is 0 Å². The van der Waals surface area contributed by atoms with E-state index in [4.69, 9.17) is 15.0 Å². The lowest BCUT2D eigenvalue weighted by Gasteiger charge is -2.12. The van der Waals surface area contributed by atoms with E-state index in [0.29, 0.717) is 5.95 Å². The fraction of sp³-hybridized carbons (Fsp3) is 0. The topological polar surface area (TPSA) is 66.3 Å². The third-order valence-electron chi connectivity index (χ3n) is 13.6. The van der Waals surface area contributed by atoms with Crippen LogP contribution in [0.1, 0.15) is 0 Å². The summed E-state index contributed by atoms with van der Waals surface area (Å²) in [4.78, 5) is 20.4. The van der Waals surface area contributed by atoms with Gasteiger partial charge >= 0.3 is 0 Å². The van der Waals surface area contributed by atoms with Crippen LogP contribution in [0.15, 0.2) is 237 Å². The number of rotatable bonds is 7. The molecule has 0 saturated heterocycles. The summed E-state index contributed by atoms with van der Waals surface area (Å²) in [6.45, 7) is 0. The van der Waals surface area contributed by atoms with Crippen molar-refractivity contribution in [3.05, 3.63) is 237 Å². The molecule has 0 N–H and O–H groups in total. The minimum Gasteiger partial charge on any atom is -0.309 e. The highest BCUT2D eigenvalue weighted by Gasteiger charge is 2.20. The first kappa shape index (κ1) is 38.8. The van der Waals surface area contributed by atoms with E-state index in [1.54, 1.807) is 0 Å². The van der Waals surface area contributed by atoms with E-state index in [2.05, 4.69) is 231 Å². The summed E-state index contributed by atoms with van der Waals surface area (Å²) in [6, 6.07) is 79.2. The predicted octanol–water partition coefficient (Wildman–Crippen LogP) is 15.2. The van der Waals surface area contributed by atoms with Crippen LogP contribution in [-0.4, -0.2) is 33.6 Å². The highest BCUT2D eigenvalue weighted by atomic mass is 15.2. The molecule has 7 heteroatoms. The van der Waals surface area contributed by atoms with Crippen LogP contribution in [0.5, 0.6) is 0 Å². The van der Waals surface area contributed by atoms with Gasteiger partial charge < -0.3 is 9.13 Å². The number of para-hydroxylation sites is 3. The Morgan fingerprint density at radius 1 is 0.261 bits per heavy atom. The molecule has 0 atom stereocenters. The van der Waals surface area contributed by atoms with Crippen LogP contribution in [0.4, 0.5) is 0 Å². The highest BCUT2D eigenvalue weighted by molar-refractivity contribution is 6.13. The Labute approximate surface area is 396 Å². The SMILES string of the molecule is c1ccc(-c2cc(-c3ccccc3)nc(-n3c4ccccc4c4cc(-c5cccc(-c6ccc7c8ccccc8n(-c8ccc9c(c8)c8ccncc8n9-c8ccccc8)c7c6)n5)ccc43)n2)cc1. The Morgan fingerprint density at radius 3 is 1.51 bits per heavy atom. The highest BCUT2D eigenvalue weighted by Crippen LogP contribution is 2.40. The Morgan fingerprint density at radius 2 is 0.783 bits per heavy atom. The van der Waals surface area contributed by atoms with Gasteiger partial charge in [-0.3, -0.25) is 9.55 Å². The standard InChI is InChI=1S/C62H39N7/c1-4-15-40(16-5-1)54-38-55(41-17-6-2-7-18-41)66-62(65-54)69-57-26-13-11-22-47(57)50-35-42(28-31-59(50)69)52-23-14-24-53(64-52)43-27-30-48-46-21-10-12-25-56(46)68(60(48)36-43)45-29-32-58-51(37-45)49-33-34-63-39-61(49)67(58)44-19-8-3-9-20-44/h1-39H. The van der Waals surface area contributed by atoms with Crippen molar-refractivity contribution < 1.29 is 0 Å². The number of benzene rings is 8. The van der Waals surface area contributed by atoms with Crippen LogP contribution in [0.25, 0.3) is 128 Å². The lowest BCUT2D eigenvalue weighted by atomic mass is 10.0. The maximum absolute atomic E-state index is 5.38. The molecule has 14 aromatic rings. The summed E-state index contributed by atoms with van der Waals surface area (Å²) < 4.78 is 6.90. The van der Waals surface area contributed by atoms with Crippen molar-refractivity contribution in [1.82, 2.24) is 33.6 Å². The molecule has 0 aliphatic heterocycles. The second-order valence-corrected chi connectivity index (χ2v) is 17.5. The third-order valence-corrected chi connectivity index (χ3v) is 13.6. The van der Waals surface area contributed by atoms with E-state index >= 15 is 0 Å². The fourth-order valence-corrected chi connectivity index (χ4v) is 10.4. The van der Waals surface area contributed by atoms with E-state index in [-0.39, 0.29) is 0 Å². The number of nitrogens with zero attached hydrogens (tertiary/aromatic N) is 7. The normalized spacial score (nSPS) is 11.8. The maximum atomic E-state index is 5.38. The quantitative estimate of drug-likeness (QED) is 0.160. The zero-order chi connectivity index (χ0) is 45.4. The summed E-state index contributed by atoms with van der Waals surface area (Å²) in [6.07, 6.45) is 3.85. The fourth-order valence-electron chi connectivity index (χ4n) is 10.4. The van der Waals surface area contributed by atoms with Crippen molar-refractivity contribution in [2.75, 3.05) is 0 Å². The minimum atomic E-state index is 0.623. The van der Waals surface area contributed by atoms with Crippen molar-refractivity contribution in [1.29, 1.82) is 0 Å². The molecular weight excluding hydrogens is 843 g/mol. The second-order valence-electron chi connectivity index (χ2n) is 17.5. The lowest BCUT2D eigenvalue weighted by Crippen LogP contribution is -2.04.